The standard InChI is InChI=1S/C23H26N2O4/c1-3-4-8-15-29-18-13-11-17(12-14-18)21-19(22(26)28-2)20(24-23(27)25-21)16-9-6-5-7-10-16/h5-7,9-14,21H,3-4,8,15H2,1-2H3,(H2,24,25,27). The molecule has 152 valence electrons. The molecule has 29 heavy (non-hydrogen) atoms. The Labute approximate surface area is 170 Å². The summed E-state index contributed by atoms with van der Waals surface area (Å²) in [6.45, 7) is 2.82. The average Bonchev–Trinajstić information content (AvgIpc) is 2.76. The third-order valence-electron chi connectivity index (χ3n) is 4.77. The maximum absolute atomic E-state index is 12.6. The Bertz CT molecular complexity index is 876. The number of rotatable bonds is 8. The minimum atomic E-state index is -0.624. The lowest BCUT2D eigenvalue weighted by atomic mass is 9.92. The molecule has 2 N–H and O–H groups in total. The Morgan fingerprint density at radius 2 is 1.76 bits per heavy atom. The summed E-state index contributed by atoms with van der Waals surface area (Å²) in [6.07, 6.45) is 3.29. The first kappa shape index (κ1) is 20.5. The normalized spacial score (nSPS) is 16.1. The fourth-order valence-corrected chi connectivity index (χ4v) is 3.28. The second-order valence-corrected chi connectivity index (χ2v) is 6.80. The van der Waals surface area contributed by atoms with Gasteiger partial charge in [0.1, 0.15) is 5.75 Å². The maximum Gasteiger partial charge on any atom is 0.338 e. The first-order valence-electron chi connectivity index (χ1n) is 9.82. The molecule has 1 aliphatic rings. The van der Waals surface area contributed by atoms with Gasteiger partial charge < -0.3 is 20.1 Å². The van der Waals surface area contributed by atoms with Crippen LogP contribution in [0.25, 0.3) is 5.70 Å². The molecule has 0 fully saturated rings. The van der Waals surface area contributed by atoms with Gasteiger partial charge in [-0.25, -0.2) is 9.59 Å². The van der Waals surface area contributed by atoms with Crippen molar-refractivity contribution < 1.29 is 19.1 Å². The average molecular weight is 394 g/mol. The Morgan fingerprint density at radius 3 is 2.41 bits per heavy atom. The second kappa shape index (κ2) is 9.78. The number of unbranched alkanes of at least 4 members (excludes halogenated alkanes) is 2. The first-order valence-corrected chi connectivity index (χ1v) is 9.82. The van der Waals surface area contributed by atoms with Crippen LogP contribution in [0.2, 0.25) is 0 Å². The molecule has 3 rings (SSSR count). The van der Waals surface area contributed by atoms with E-state index in [-0.39, 0.29) is 6.03 Å². The number of methoxy groups -OCH3 is 1. The Hall–Kier alpha value is -3.28. The summed E-state index contributed by atoms with van der Waals surface area (Å²) in [5.74, 6) is 0.262. The van der Waals surface area contributed by atoms with E-state index in [2.05, 4.69) is 17.6 Å². The summed E-state index contributed by atoms with van der Waals surface area (Å²) in [5.41, 5.74) is 2.32. The molecule has 2 amide bonds. The van der Waals surface area contributed by atoms with Crippen molar-refractivity contribution in [1.29, 1.82) is 0 Å². The molecule has 1 aliphatic heterocycles. The molecule has 0 saturated heterocycles. The molecule has 0 saturated carbocycles. The predicted molar refractivity (Wildman–Crippen MR) is 111 cm³/mol. The molecule has 6 nitrogen and oxygen atoms in total. The van der Waals surface area contributed by atoms with Crippen molar-refractivity contribution in [3.8, 4) is 5.75 Å². The van der Waals surface area contributed by atoms with Crippen LogP contribution in [0.15, 0.2) is 60.2 Å². The van der Waals surface area contributed by atoms with E-state index in [4.69, 9.17) is 9.47 Å². The van der Waals surface area contributed by atoms with Gasteiger partial charge in [0.25, 0.3) is 0 Å². The third kappa shape index (κ3) is 4.96. The monoisotopic (exact) mass is 394 g/mol. The largest absolute Gasteiger partial charge is 0.494 e. The molecule has 1 unspecified atom stereocenters. The maximum atomic E-state index is 12.6. The lowest BCUT2D eigenvalue weighted by Gasteiger charge is -2.29. The fraction of sp³-hybridized carbons (Fsp3) is 0.304. The Kier molecular flexibility index (Phi) is 6.89. The highest BCUT2D eigenvalue weighted by Crippen LogP contribution is 2.32. The molecule has 6 heteroatoms. The van der Waals surface area contributed by atoms with Crippen molar-refractivity contribution in [1.82, 2.24) is 10.6 Å². The summed E-state index contributed by atoms with van der Waals surface area (Å²) in [5, 5.41) is 5.58. The second-order valence-electron chi connectivity index (χ2n) is 6.80. The van der Waals surface area contributed by atoms with Gasteiger partial charge in [-0.15, -0.1) is 0 Å². The predicted octanol–water partition coefficient (Wildman–Crippen LogP) is 4.19. The van der Waals surface area contributed by atoms with Crippen LogP contribution in [0.3, 0.4) is 0 Å². The summed E-state index contributed by atoms with van der Waals surface area (Å²) in [7, 11) is 1.33. The van der Waals surface area contributed by atoms with E-state index in [1.807, 2.05) is 54.6 Å². The van der Waals surface area contributed by atoms with Crippen LogP contribution in [-0.4, -0.2) is 25.7 Å². The zero-order valence-corrected chi connectivity index (χ0v) is 16.7. The number of hydrogen-bond acceptors (Lipinski definition) is 4. The molecule has 0 aliphatic carbocycles. The molecule has 0 radical (unpaired) electrons. The van der Waals surface area contributed by atoms with Gasteiger partial charge in [0.05, 0.1) is 31.0 Å². The van der Waals surface area contributed by atoms with Gasteiger partial charge in [0, 0.05) is 0 Å². The number of ether oxygens (including phenoxy) is 2. The van der Waals surface area contributed by atoms with Crippen molar-refractivity contribution >= 4 is 17.7 Å². The minimum absolute atomic E-state index is 0.356. The Balaban J connectivity index is 1.92. The lowest BCUT2D eigenvalue weighted by Crippen LogP contribution is -2.45. The number of hydrogen-bond donors (Lipinski definition) is 2. The smallest absolute Gasteiger partial charge is 0.338 e. The van der Waals surface area contributed by atoms with E-state index in [0.717, 1.165) is 36.1 Å². The highest BCUT2D eigenvalue weighted by molar-refractivity contribution is 6.04. The zero-order chi connectivity index (χ0) is 20.6. The molecule has 2 aromatic rings. The number of urea groups is 1. The highest BCUT2D eigenvalue weighted by Gasteiger charge is 2.34. The summed E-state index contributed by atoms with van der Waals surface area (Å²) >= 11 is 0. The lowest BCUT2D eigenvalue weighted by molar-refractivity contribution is -0.136. The summed E-state index contributed by atoms with van der Waals surface area (Å²) < 4.78 is 10.8. The van der Waals surface area contributed by atoms with Crippen LogP contribution < -0.4 is 15.4 Å². The molecule has 0 bridgehead atoms. The summed E-state index contributed by atoms with van der Waals surface area (Å²) in [6, 6.07) is 15.7. The van der Waals surface area contributed by atoms with E-state index < -0.39 is 12.0 Å². The number of amides is 2. The molecule has 1 atom stereocenters. The molecule has 1 heterocycles. The van der Waals surface area contributed by atoms with E-state index in [1.165, 1.54) is 7.11 Å². The van der Waals surface area contributed by atoms with Gasteiger partial charge in [-0.2, -0.15) is 0 Å². The van der Waals surface area contributed by atoms with E-state index in [1.54, 1.807) is 0 Å². The molecular weight excluding hydrogens is 368 g/mol. The van der Waals surface area contributed by atoms with Crippen LogP contribution in [0.5, 0.6) is 5.75 Å². The first-order chi connectivity index (χ1) is 14.1. The minimum Gasteiger partial charge on any atom is -0.494 e. The van der Waals surface area contributed by atoms with Gasteiger partial charge in [0.15, 0.2) is 0 Å². The van der Waals surface area contributed by atoms with Gasteiger partial charge in [0.2, 0.25) is 0 Å². The number of benzene rings is 2. The van der Waals surface area contributed by atoms with Crippen molar-refractivity contribution in [3.05, 3.63) is 71.3 Å². The quantitative estimate of drug-likeness (QED) is 0.520. The van der Waals surface area contributed by atoms with E-state index >= 15 is 0 Å². The van der Waals surface area contributed by atoms with E-state index in [9.17, 15) is 9.59 Å². The van der Waals surface area contributed by atoms with Crippen molar-refractivity contribution in [2.45, 2.75) is 32.2 Å². The van der Waals surface area contributed by atoms with Crippen LogP contribution in [-0.2, 0) is 9.53 Å². The third-order valence-corrected chi connectivity index (χ3v) is 4.77. The van der Waals surface area contributed by atoms with Gasteiger partial charge in [-0.05, 0) is 29.7 Å². The van der Waals surface area contributed by atoms with Gasteiger partial charge in [-0.3, -0.25) is 0 Å². The molecule has 0 spiro atoms. The van der Waals surface area contributed by atoms with Gasteiger partial charge in [-0.1, -0.05) is 62.2 Å². The number of esters is 1. The van der Waals surface area contributed by atoms with Crippen LogP contribution >= 0.6 is 0 Å². The van der Waals surface area contributed by atoms with Crippen molar-refractivity contribution in [2.24, 2.45) is 0 Å². The molecular formula is C23H26N2O4. The molecule has 2 aromatic carbocycles. The Morgan fingerprint density at radius 1 is 1.03 bits per heavy atom. The highest BCUT2D eigenvalue weighted by atomic mass is 16.5. The fourth-order valence-electron chi connectivity index (χ4n) is 3.28. The SMILES string of the molecule is CCCCCOc1ccc(C2NC(=O)NC(c3ccccc3)=C2C(=O)OC)cc1. The molecule has 0 aromatic heterocycles. The van der Waals surface area contributed by atoms with Crippen LogP contribution in [0, 0.1) is 0 Å². The zero-order valence-electron chi connectivity index (χ0n) is 16.7. The number of carbonyl (C=O) groups is 2. The van der Waals surface area contributed by atoms with Crippen molar-refractivity contribution in [3.63, 3.8) is 0 Å². The van der Waals surface area contributed by atoms with E-state index in [0.29, 0.717) is 17.9 Å². The number of carbonyl (C=O) groups excluding carboxylic acids is 2. The van der Waals surface area contributed by atoms with Gasteiger partial charge >= 0.3 is 12.0 Å². The topological polar surface area (TPSA) is 76.7 Å². The van der Waals surface area contributed by atoms with Crippen molar-refractivity contribution in [2.75, 3.05) is 13.7 Å². The summed E-state index contributed by atoms with van der Waals surface area (Å²) in [4.78, 5) is 24.9. The van der Waals surface area contributed by atoms with Crippen LogP contribution in [0.1, 0.15) is 43.4 Å². The van der Waals surface area contributed by atoms with Crippen LogP contribution in [0.4, 0.5) is 4.79 Å². The number of nitrogens with one attached hydrogen (secondary N) is 2.